The number of thiophene rings is 1. The van der Waals surface area contributed by atoms with Crippen molar-refractivity contribution in [2.75, 3.05) is 11.9 Å². The lowest BCUT2D eigenvalue weighted by Gasteiger charge is -2.32. The lowest BCUT2D eigenvalue weighted by atomic mass is 9.84. The fourth-order valence-electron chi connectivity index (χ4n) is 3.23. The highest BCUT2D eigenvalue weighted by atomic mass is 32.1. The lowest BCUT2D eigenvalue weighted by molar-refractivity contribution is -0.384. The molecule has 0 saturated heterocycles. The highest BCUT2D eigenvalue weighted by molar-refractivity contribution is 7.10. The molecule has 1 atom stereocenters. The first kappa shape index (κ1) is 15.2. The van der Waals surface area contributed by atoms with Crippen LogP contribution < -0.4 is 11.1 Å². The normalized spacial score (nSPS) is 18.6. The molecule has 3 N–H and O–H groups in total. The molecule has 0 spiro atoms. The Labute approximate surface area is 146 Å². The molecule has 8 heteroatoms. The summed E-state index contributed by atoms with van der Waals surface area (Å²) in [5.41, 5.74) is 8.17. The first-order valence-corrected chi connectivity index (χ1v) is 8.35. The highest BCUT2D eigenvalue weighted by Gasteiger charge is 2.38. The number of allylic oxidation sites excluding steroid dienone is 1. The van der Waals surface area contributed by atoms with Gasteiger partial charge in [-0.3, -0.25) is 10.1 Å². The number of anilines is 1. The van der Waals surface area contributed by atoms with E-state index in [-0.39, 0.29) is 17.5 Å². The average Bonchev–Trinajstić information content (AvgIpc) is 3.14. The van der Waals surface area contributed by atoms with Crippen molar-refractivity contribution in [2.24, 2.45) is 5.73 Å². The number of nitro benzene ring substituents is 1. The number of para-hydroxylation sites is 1. The number of ether oxygens (including phenoxy) is 1. The Morgan fingerprint density at radius 2 is 2.24 bits per heavy atom. The van der Waals surface area contributed by atoms with Crippen molar-refractivity contribution in [3.8, 4) is 6.07 Å². The minimum absolute atomic E-state index is 0.0195. The van der Waals surface area contributed by atoms with Gasteiger partial charge in [-0.1, -0.05) is 12.1 Å². The van der Waals surface area contributed by atoms with E-state index in [1.165, 1.54) is 17.4 Å². The number of nitrogens with two attached hydrogens (primary N) is 1. The van der Waals surface area contributed by atoms with Gasteiger partial charge in [0.2, 0.25) is 5.88 Å². The number of hydrogen-bond acceptors (Lipinski definition) is 7. The fraction of sp³-hybridized carbons (Fsp3) is 0.118. The van der Waals surface area contributed by atoms with Crippen molar-refractivity contribution < 1.29 is 9.66 Å². The summed E-state index contributed by atoms with van der Waals surface area (Å²) in [6.07, 6.45) is 0. The Bertz CT molecular complexity index is 986. The van der Waals surface area contributed by atoms with Crippen molar-refractivity contribution >= 4 is 28.5 Å². The van der Waals surface area contributed by atoms with Gasteiger partial charge in [0.1, 0.15) is 23.1 Å². The van der Waals surface area contributed by atoms with Crippen molar-refractivity contribution in [3.05, 3.63) is 73.3 Å². The van der Waals surface area contributed by atoms with E-state index in [9.17, 15) is 15.4 Å². The van der Waals surface area contributed by atoms with Crippen LogP contribution in [0.1, 0.15) is 16.4 Å². The molecule has 0 bridgehead atoms. The number of hydrogen-bond donors (Lipinski definition) is 2. The number of nitrogens with one attached hydrogen (secondary N) is 1. The van der Waals surface area contributed by atoms with E-state index in [0.717, 1.165) is 10.5 Å². The molecule has 0 amide bonds. The van der Waals surface area contributed by atoms with Gasteiger partial charge in [-0.25, -0.2) is 0 Å². The Morgan fingerprint density at radius 3 is 2.92 bits per heavy atom. The molecule has 1 aromatic heterocycles. The van der Waals surface area contributed by atoms with Gasteiger partial charge in [0.25, 0.3) is 5.69 Å². The van der Waals surface area contributed by atoms with Crippen LogP contribution in [0, 0.1) is 21.4 Å². The van der Waals surface area contributed by atoms with Crippen molar-refractivity contribution in [1.82, 2.24) is 0 Å². The molecule has 2 aliphatic rings. The molecule has 0 aliphatic carbocycles. The number of benzene rings is 1. The summed E-state index contributed by atoms with van der Waals surface area (Å²) in [5, 5.41) is 25.9. The van der Waals surface area contributed by atoms with E-state index in [2.05, 4.69) is 11.4 Å². The summed E-state index contributed by atoms with van der Waals surface area (Å²) >= 11 is 1.53. The number of nitriles is 1. The van der Waals surface area contributed by atoms with E-state index in [0.29, 0.717) is 29.1 Å². The second-order valence-corrected chi connectivity index (χ2v) is 6.58. The molecule has 0 fully saturated rings. The molecule has 1 aromatic carbocycles. The average molecular weight is 352 g/mol. The van der Waals surface area contributed by atoms with Gasteiger partial charge < -0.3 is 15.8 Å². The third-order valence-corrected chi connectivity index (χ3v) is 5.23. The molecule has 124 valence electrons. The minimum atomic E-state index is -0.434. The van der Waals surface area contributed by atoms with Crippen LogP contribution in [-0.2, 0) is 4.74 Å². The van der Waals surface area contributed by atoms with Crippen LogP contribution in [0.5, 0.6) is 0 Å². The van der Waals surface area contributed by atoms with Crippen LogP contribution in [0.3, 0.4) is 0 Å². The Hall–Kier alpha value is -3.31. The van der Waals surface area contributed by atoms with Crippen LogP contribution in [0.2, 0.25) is 0 Å². The maximum absolute atomic E-state index is 11.3. The Kier molecular flexibility index (Phi) is 3.44. The number of rotatable bonds is 2. The predicted octanol–water partition coefficient (Wildman–Crippen LogP) is 3.30. The Morgan fingerprint density at radius 1 is 1.40 bits per heavy atom. The number of fused-ring (bicyclic) bond motifs is 2. The van der Waals surface area contributed by atoms with E-state index < -0.39 is 4.92 Å². The van der Waals surface area contributed by atoms with Crippen molar-refractivity contribution in [3.63, 3.8) is 0 Å². The smallest absolute Gasteiger partial charge is 0.293 e. The van der Waals surface area contributed by atoms with E-state index in [4.69, 9.17) is 10.5 Å². The third-order valence-electron chi connectivity index (χ3n) is 4.29. The molecule has 2 aromatic rings. The first-order valence-electron chi connectivity index (χ1n) is 7.47. The molecule has 4 rings (SSSR count). The summed E-state index contributed by atoms with van der Waals surface area (Å²) in [6, 6.07) is 10.8. The molecule has 2 aliphatic heterocycles. The topological polar surface area (TPSA) is 114 Å². The predicted molar refractivity (Wildman–Crippen MR) is 93.5 cm³/mol. The van der Waals surface area contributed by atoms with Gasteiger partial charge in [0.15, 0.2) is 0 Å². The zero-order chi connectivity index (χ0) is 17.6. The molecule has 0 saturated carbocycles. The van der Waals surface area contributed by atoms with Gasteiger partial charge >= 0.3 is 0 Å². The lowest BCUT2D eigenvalue weighted by Crippen LogP contribution is -2.27. The monoisotopic (exact) mass is 352 g/mol. The minimum Gasteiger partial charge on any atom is -0.440 e. The summed E-state index contributed by atoms with van der Waals surface area (Å²) in [5.74, 6) is 0.222. The zero-order valence-corrected chi connectivity index (χ0v) is 13.7. The molecule has 1 unspecified atom stereocenters. The van der Waals surface area contributed by atoms with E-state index in [1.54, 1.807) is 12.1 Å². The van der Waals surface area contributed by atoms with Gasteiger partial charge in [-0.2, -0.15) is 5.26 Å². The Balaban J connectivity index is 1.93. The maximum atomic E-state index is 11.3. The van der Waals surface area contributed by atoms with Gasteiger partial charge in [-0.15, -0.1) is 11.3 Å². The second-order valence-electron chi connectivity index (χ2n) is 5.60. The van der Waals surface area contributed by atoms with Crippen molar-refractivity contribution in [1.29, 1.82) is 5.26 Å². The molecule has 25 heavy (non-hydrogen) atoms. The standard InChI is InChI=1S/C17H12N4O3S/c18-7-10-14(13-5-2-6-25-13)11-8-20-15-9(16(11)24-17(10)19)3-1-4-12(15)21(22)23/h1-6,14,20H,8,19H2. The number of nitro groups is 1. The quantitative estimate of drug-likeness (QED) is 0.633. The maximum Gasteiger partial charge on any atom is 0.293 e. The molecular formula is C17H12N4O3S. The second kappa shape index (κ2) is 5.65. The van der Waals surface area contributed by atoms with Crippen LogP contribution >= 0.6 is 11.3 Å². The molecule has 0 radical (unpaired) electrons. The highest BCUT2D eigenvalue weighted by Crippen LogP contribution is 2.48. The summed E-state index contributed by atoms with van der Waals surface area (Å²) in [7, 11) is 0. The molecular weight excluding hydrogens is 340 g/mol. The summed E-state index contributed by atoms with van der Waals surface area (Å²) < 4.78 is 5.74. The van der Waals surface area contributed by atoms with Crippen LogP contribution in [0.15, 0.2) is 52.7 Å². The van der Waals surface area contributed by atoms with Gasteiger partial charge in [-0.05, 0) is 17.5 Å². The van der Waals surface area contributed by atoms with Gasteiger partial charge in [0.05, 0.1) is 10.8 Å². The first-order chi connectivity index (χ1) is 12.1. The third kappa shape index (κ3) is 2.25. The summed E-state index contributed by atoms with van der Waals surface area (Å²) in [6.45, 7) is 0.341. The summed E-state index contributed by atoms with van der Waals surface area (Å²) in [4.78, 5) is 11.8. The largest absolute Gasteiger partial charge is 0.440 e. The number of nitrogens with zero attached hydrogens (tertiary/aromatic N) is 2. The fourth-order valence-corrected chi connectivity index (χ4v) is 4.10. The van der Waals surface area contributed by atoms with E-state index >= 15 is 0 Å². The van der Waals surface area contributed by atoms with Crippen molar-refractivity contribution in [2.45, 2.75) is 5.92 Å². The van der Waals surface area contributed by atoms with Crippen LogP contribution in [0.25, 0.3) is 5.76 Å². The SMILES string of the molecule is N#CC1=C(N)OC2=C(CNc3c2cccc3[N+](=O)[O-])C1c1cccs1. The molecule has 7 nitrogen and oxygen atoms in total. The van der Waals surface area contributed by atoms with E-state index in [1.807, 2.05) is 17.5 Å². The van der Waals surface area contributed by atoms with Gasteiger partial charge in [0, 0.05) is 28.6 Å². The zero-order valence-electron chi connectivity index (χ0n) is 12.9. The van der Waals surface area contributed by atoms with Crippen LogP contribution in [0.4, 0.5) is 11.4 Å². The molecule has 3 heterocycles. The van der Waals surface area contributed by atoms with Crippen LogP contribution in [-0.4, -0.2) is 11.5 Å².